The van der Waals surface area contributed by atoms with Crippen molar-refractivity contribution in [3.63, 3.8) is 0 Å². The van der Waals surface area contributed by atoms with Gasteiger partial charge < -0.3 is 24.6 Å². The number of carboxylic acids is 3. The van der Waals surface area contributed by atoms with Gasteiger partial charge in [0.15, 0.2) is 0 Å². The molecule has 0 unspecified atom stereocenters. The molecule has 0 saturated carbocycles. The largest absolute Gasteiger partial charge is 0.550 e. The number of rotatable bonds is 25. The van der Waals surface area contributed by atoms with Gasteiger partial charge in [0, 0.05) is 25.2 Å². The SMILES string of the molecule is CCCCCCCCC/C=C/CCCC[N+](CCCC(=O)[O-])(CCCC(=O)O)CCCC(=O)O. The highest BCUT2D eigenvalue weighted by molar-refractivity contribution is 5.66. The number of hydrogen-bond acceptors (Lipinski definition) is 4. The summed E-state index contributed by atoms with van der Waals surface area (Å²) >= 11 is 0. The topological polar surface area (TPSA) is 115 Å². The van der Waals surface area contributed by atoms with Gasteiger partial charge in [-0.15, -0.1) is 0 Å². The van der Waals surface area contributed by atoms with E-state index in [0.717, 1.165) is 32.2 Å². The zero-order valence-electron chi connectivity index (χ0n) is 21.5. The Morgan fingerprint density at radius 3 is 1.50 bits per heavy atom. The van der Waals surface area contributed by atoms with Crippen molar-refractivity contribution in [2.24, 2.45) is 0 Å². The van der Waals surface area contributed by atoms with Crippen molar-refractivity contribution >= 4 is 17.9 Å². The molecule has 0 fully saturated rings. The molecule has 0 aliphatic carbocycles. The molecule has 0 aromatic rings. The number of unbranched alkanes of at least 4 members (excludes halogenated alkanes) is 9. The van der Waals surface area contributed by atoms with Crippen molar-refractivity contribution < 1.29 is 34.2 Å². The van der Waals surface area contributed by atoms with Gasteiger partial charge in [-0.2, -0.15) is 0 Å². The highest BCUT2D eigenvalue weighted by atomic mass is 16.4. The molecule has 198 valence electrons. The van der Waals surface area contributed by atoms with Crippen molar-refractivity contribution in [2.75, 3.05) is 26.2 Å². The summed E-state index contributed by atoms with van der Waals surface area (Å²) in [7, 11) is 0. The van der Waals surface area contributed by atoms with Gasteiger partial charge >= 0.3 is 11.9 Å². The molecule has 0 saturated heterocycles. The van der Waals surface area contributed by atoms with Crippen LogP contribution in [0.4, 0.5) is 0 Å². The maximum absolute atomic E-state index is 11.0. The Hall–Kier alpha value is -1.89. The lowest BCUT2D eigenvalue weighted by molar-refractivity contribution is -0.929. The number of nitrogens with zero attached hydrogens (tertiary/aromatic N) is 1. The third-order valence-electron chi connectivity index (χ3n) is 6.45. The van der Waals surface area contributed by atoms with Crippen molar-refractivity contribution in [2.45, 2.75) is 116 Å². The maximum atomic E-state index is 11.0. The van der Waals surface area contributed by atoms with Crippen LogP contribution >= 0.6 is 0 Å². The van der Waals surface area contributed by atoms with Gasteiger partial charge in [0.05, 0.1) is 39.0 Å². The van der Waals surface area contributed by atoms with Crippen LogP contribution in [0.3, 0.4) is 0 Å². The number of aliphatic carboxylic acids is 3. The fourth-order valence-corrected chi connectivity index (χ4v) is 4.53. The van der Waals surface area contributed by atoms with E-state index in [9.17, 15) is 19.5 Å². The van der Waals surface area contributed by atoms with Crippen LogP contribution in [0.25, 0.3) is 0 Å². The van der Waals surface area contributed by atoms with Gasteiger partial charge in [-0.25, -0.2) is 0 Å². The molecule has 0 aromatic carbocycles. The Balaban J connectivity index is 4.52. The van der Waals surface area contributed by atoms with Crippen molar-refractivity contribution in [1.29, 1.82) is 0 Å². The zero-order chi connectivity index (χ0) is 25.5. The van der Waals surface area contributed by atoms with Crippen molar-refractivity contribution in [1.82, 2.24) is 0 Å². The van der Waals surface area contributed by atoms with Gasteiger partial charge in [-0.1, -0.05) is 57.6 Å². The zero-order valence-corrected chi connectivity index (χ0v) is 21.5. The monoisotopic (exact) mass is 483 g/mol. The molecular weight excluding hydrogens is 434 g/mol. The normalized spacial score (nSPS) is 11.8. The number of quaternary nitrogens is 1. The van der Waals surface area contributed by atoms with Gasteiger partial charge in [-0.05, 0) is 38.5 Å². The molecule has 2 N–H and O–H groups in total. The molecule has 0 bridgehead atoms. The Morgan fingerprint density at radius 2 is 1.03 bits per heavy atom. The first-order chi connectivity index (χ1) is 16.3. The summed E-state index contributed by atoms with van der Waals surface area (Å²) in [4.78, 5) is 32.9. The van der Waals surface area contributed by atoms with Gasteiger partial charge in [0.2, 0.25) is 0 Å². The average molecular weight is 484 g/mol. The average Bonchev–Trinajstić information content (AvgIpc) is 2.76. The number of carbonyl (C=O) groups is 3. The second kappa shape index (κ2) is 21.6. The molecule has 0 rings (SSSR count). The van der Waals surface area contributed by atoms with E-state index in [1.165, 1.54) is 44.9 Å². The van der Waals surface area contributed by atoms with Gasteiger partial charge in [0.25, 0.3) is 0 Å². The van der Waals surface area contributed by atoms with Gasteiger partial charge in [-0.3, -0.25) is 9.59 Å². The fraction of sp³-hybridized carbons (Fsp3) is 0.815. The van der Waals surface area contributed by atoms with Crippen LogP contribution in [0.15, 0.2) is 12.2 Å². The minimum Gasteiger partial charge on any atom is -0.550 e. The summed E-state index contributed by atoms with van der Waals surface area (Å²) in [6.45, 7) is 4.93. The predicted octanol–water partition coefficient (Wildman–Crippen LogP) is 4.93. The predicted molar refractivity (Wildman–Crippen MR) is 133 cm³/mol. The minimum absolute atomic E-state index is 0.0286. The Bertz CT molecular complexity index is 525. The molecule has 0 atom stereocenters. The molecule has 0 aliphatic rings. The van der Waals surface area contributed by atoms with E-state index in [-0.39, 0.29) is 19.3 Å². The quantitative estimate of drug-likeness (QED) is 0.108. The lowest BCUT2D eigenvalue weighted by Crippen LogP contribution is -2.51. The highest BCUT2D eigenvalue weighted by Gasteiger charge is 2.26. The van der Waals surface area contributed by atoms with Crippen LogP contribution in [0.5, 0.6) is 0 Å². The molecule has 7 nitrogen and oxygen atoms in total. The standard InChI is InChI=1S/C27H49NO6/c1-2-3-4-5-6-7-8-9-10-11-12-13-14-21-28(22-15-18-25(29)30,23-16-19-26(31)32)24-17-20-27(33)34/h10-11H,2-9,12-24H2,1H3,(H2-,29,30,31,32,33,34)/b11-10+. The first-order valence-electron chi connectivity index (χ1n) is 13.4. The van der Waals surface area contributed by atoms with E-state index >= 15 is 0 Å². The maximum Gasteiger partial charge on any atom is 0.303 e. The van der Waals surface area contributed by atoms with E-state index in [2.05, 4.69) is 19.1 Å². The molecule has 0 spiro atoms. The first-order valence-corrected chi connectivity index (χ1v) is 13.4. The molecule has 0 amide bonds. The second-order valence-corrected chi connectivity index (χ2v) is 9.58. The summed E-state index contributed by atoms with van der Waals surface area (Å²) in [5.74, 6) is -2.77. The molecule has 0 radical (unpaired) electrons. The van der Waals surface area contributed by atoms with E-state index < -0.39 is 17.9 Å². The summed E-state index contributed by atoms with van der Waals surface area (Å²) in [5, 5.41) is 29.0. The summed E-state index contributed by atoms with van der Waals surface area (Å²) in [6.07, 6.45) is 19.4. The third kappa shape index (κ3) is 20.7. The Labute approximate surface area is 206 Å². The van der Waals surface area contributed by atoms with E-state index in [1.54, 1.807) is 0 Å². The number of carboxylic acid groups (broad SMARTS) is 3. The molecule has 0 aromatic heterocycles. The van der Waals surface area contributed by atoms with Crippen LogP contribution < -0.4 is 5.11 Å². The Morgan fingerprint density at radius 1 is 0.618 bits per heavy atom. The Kier molecular flexibility index (Phi) is 20.4. The van der Waals surface area contributed by atoms with Crippen LogP contribution in [0.1, 0.15) is 116 Å². The summed E-state index contributed by atoms with van der Waals surface area (Å²) < 4.78 is 0.593. The highest BCUT2D eigenvalue weighted by Crippen LogP contribution is 2.18. The van der Waals surface area contributed by atoms with E-state index in [4.69, 9.17) is 10.2 Å². The number of allylic oxidation sites excluding steroid dienone is 2. The first kappa shape index (κ1) is 32.1. The number of hydrogen-bond donors (Lipinski definition) is 2. The second-order valence-electron chi connectivity index (χ2n) is 9.58. The molecular formula is C27H49NO6. The van der Waals surface area contributed by atoms with E-state index in [1.807, 2.05) is 0 Å². The molecule has 0 aliphatic heterocycles. The fourth-order valence-electron chi connectivity index (χ4n) is 4.53. The summed E-state index contributed by atoms with van der Waals surface area (Å²) in [6, 6.07) is 0. The van der Waals surface area contributed by atoms with Crippen LogP contribution in [-0.2, 0) is 14.4 Å². The van der Waals surface area contributed by atoms with Crippen molar-refractivity contribution in [3.8, 4) is 0 Å². The van der Waals surface area contributed by atoms with Crippen LogP contribution in [0.2, 0.25) is 0 Å². The van der Waals surface area contributed by atoms with E-state index in [0.29, 0.717) is 43.4 Å². The molecule has 34 heavy (non-hydrogen) atoms. The lowest BCUT2D eigenvalue weighted by atomic mass is 10.1. The summed E-state index contributed by atoms with van der Waals surface area (Å²) in [5.41, 5.74) is 0. The minimum atomic E-state index is -1.08. The van der Waals surface area contributed by atoms with Crippen LogP contribution in [-0.4, -0.2) is 58.8 Å². The van der Waals surface area contributed by atoms with Gasteiger partial charge in [0.1, 0.15) is 0 Å². The molecule has 7 heteroatoms. The smallest absolute Gasteiger partial charge is 0.303 e. The molecule has 0 heterocycles. The van der Waals surface area contributed by atoms with Crippen molar-refractivity contribution in [3.05, 3.63) is 12.2 Å². The lowest BCUT2D eigenvalue weighted by Gasteiger charge is -2.39. The third-order valence-corrected chi connectivity index (χ3v) is 6.45. The number of carbonyl (C=O) groups excluding carboxylic acids is 1. The van der Waals surface area contributed by atoms with Crippen LogP contribution in [0, 0.1) is 0 Å².